The van der Waals surface area contributed by atoms with E-state index in [1.165, 1.54) is 5.56 Å². The maximum atomic E-state index is 12.8. The van der Waals surface area contributed by atoms with E-state index < -0.39 is 5.92 Å². The van der Waals surface area contributed by atoms with E-state index in [1.807, 2.05) is 62.4 Å². The summed E-state index contributed by atoms with van der Waals surface area (Å²) in [6, 6.07) is 15.6. The molecule has 0 spiro atoms. The molecule has 3 rings (SSSR count). The van der Waals surface area contributed by atoms with Gasteiger partial charge in [0.05, 0.1) is 5.92 Å². The summed E-state index contributed by atoms with van der Waals surface area (Å²) in [6.07, 6.45) is 0.491. The number of hydrogen-bond acceptors (Lipinski definition) is 4. The number of tetrazole rings is 1. The van der Waals surface area contributed by atoms with Gasteiger partial charge in [-0.1, -0.05) is 36.4 Å². The lowest BCUT2D eigenvalue weighted by molar-refractivity contribution is -0.117. The van der Waals surface area contributed by atoms with Crippen LogP contribution in [0.25, 0.3) is 0 Å². The second kappa shape index (κ2) is 7.04. The predicted octanol–water partition coefficient (Wildman–Crippen LogP) is 2.41. The topological polar surface area (TPSA) is 81.9 Å². The van der Waals surface area contributed by atoms with Crippen LogP contribution in [0.4, 0.5) is 5.69 Å². The molecular weight excluding hydrogens is 302 g/mol. The van der Waals surface area contributed by atoms with Crippen molar-refractivity contribution in [3.63, 3.8) is 0 Å². The molecule has 6 heteroatoms. The van der Waals surface area contributed by atoms with E-state index in [2.05, 4.69) is 25.9 Å². The Kier molecular flexibility index (Phi) is 4.65. The highest BCUT2D eigenvalue weighted by Gasteiger charge is 2.21. The number of benzene rings is 2. The third kappa shape index (κ3) is 3.65. The van der Waals surface area contributed by atoms with Gasteiger partial charge in [-0.25, -0.2) is 0 Å². The fraction of sp³-hybridized carbons (Fsp3) is 0.222. The average Bonchev–Trinajstić information content (AvgIpc) is 3.11. The Balaban J connectivity index is 1.82. The van der Waals surface area contributed by atoms with Gasteiger partial charge in [0.25, 0.3) is 0 Å². The molecule has 6 nitrogen and oxygen atoms in total. The summed E-state index contributed by atoms with van der Waals surface area (Å²) in [6.45, 7) is 4.05. The molecule has 1 N–H and O–H groups in total. The minimum Gasteiger partial charge on any atom is -0.335 e. The van der Waals surface area contributed by atoms with Crippen LogP contribution in [-0.2, 0) is 11.2 Å². The van der Waals surface area contributed by atoms with Crippen LogP contribution in [0.2, 0.25) is 0 Å². The van der Waals surface area contributed by atoms with Gasteiger partial charge >= 0.3 is 0 Å². The number of carbonyl (C=O) groups is 1. The SMILES string of the molecule is Cc1ccc(NC(=O)[C@@H](Cc2ccccc2)c2nnn[n-]2)cc1C. The molecule has 2 aromatic carbocycles. The molecule has 0 unspecified atom stereocenters. The van der Waals surface area contributed by atoms with Crippen LogP contribution in [0, 0.1) is 13.8 Å². The molecular formula is C18H18N5O-. The third-order valence-corrected chi connectivity index (χ3v) is 4.02. The van der Waals surface area contributed by atoms with Crippen molar-refractivity contribution in [2.75, 3.05) is 5.32 Å². The molecule has 0 fully saturated rings. The Bertz CT molecular complexity index is 815. The highest BCUT2D eigenvalue weighted by molar-refractivity contribution is 5.95. The molecule has 1 atom stereocenters. The molecule has 0 saturated heterocycles. The molecule has 0 bridgehead atoms. The van der Waals surface area contributed by atoms with Crippen molar-refractivity contribution < 1.29 is 4.79 Å². The first-order valence-electron chi connectivity index (χ1n) is 7.74. The molecule has 122 valence electrons. The number of anilines is 1. The second-order valence-corrected chi connectivity index (χ2v) is 5.77. The van der Waals surface area contributed by atoms with Crippen molar-refractivity contribution in [1.29, 1.82) is 0 Å². The lowest BCUT2D eigenvalue weighted by Crippen LogP contribution is -2.24. The van der Waals surface area contributed by atoms with Gasteiger partial charge in [0, 0.05) is 11.5 Å². The smallest absolute Gasteiger partial charge is 0.232 e. The molecule has 24 heavy (non-hydrogen) atoms. The standard InChI is InChI=1S/C18H19N5O/c1-12-8-9-15(10-13(12)2)19-18(24)16(17-20-22-23-21-17)11-14-6-4-3-5-7-14/h3-10,16H,11H2,1-2H3,(H2,19,20,21,22,23,24)/p-1/t16-/m0/s1. The molecule has 1 heterocycles. The number of rotatable bonds is 5. The second-order valence-electron chi connectivity index (χ2n) is 5.77. The minimum atomic E-state index is -0.538. The molecule has 0 aliphatic rings. The summed E-state index contributed by atoms with van der Waals surface area (Å²) in [5.41, 5.74) is 4.10. The van der Waals surface area contributed by atoms with Crippen LogP contribution in [0.1, 0.15) is 28.4 Å². The molecule has 0 saturated carbocycles. The fourth-order valence-corrected chi connectivity index (χ4v) is 2.49. The van der Waals surface area contributed by atoms with Crippen LogP contribution in [-0.4, -0.2) is 21.4 Å². The van der Waals surface area contributed by atoms with Gasteiger partial charge in [-0.3, -0.25) is 15.1 Å². The summed E-state index contributed by atoms with van der Waals surface area (Å²) in [4.78, 5) is 12.8. The zero-order chi connectivity index (χ0) is 16.9. The molecule has 0 aliphatic heterocycles. The quantitative estimate of drug-likeness (QED) is 0.780. The number of nitrogens with zero attached hydrogens (tertiary/aromatic N) is 4. The minimum absolute atomic E-state index is 0.170. The lowest BCUT2D eigenvalue weighted by atomic mass is 9.97. The summed E-state index contributed by atoms with van der Waals surface area (Å²) < 4.78 is 0. The summed E-state index contributed by atoms with van der Waals surface area (Å²) in [7, 11) is 0. The van der Waals surface area contributed by atoms with Crippen molar-refractivity contribution in [2.24, 2.45) is 0 Å². The normalized spacial score (nSPS) is 11.9. The molecule has 1 aromatic heterocycles. The monoisotopic (exact) mass is 320 g/mol. The van der Waals surface area contributed by atoms with Crippen molar-refractivity contribution in [3.05, 3.63) is 71.0 Å². The van der Waals surface area contributed by atoms with Crippen molar-refractivity contribution in [1.82, 2.24) is 20.6 Å². The first-order chi connectivity index (χ1) is 11.6. The van der Waals surface area contributed by atoms with Crippen LogP contribution < -0.4 is 10.4 Å². The highest BCUT2D eigenvalue weighted by Crippen LogP contribution is 2.21. The zero-order valence-corrected chi connectivity index (χ0v) is 13.6. The van der Waals surface area contributed by atoms with Gasteiger partial charge in [0.2, 0.25) is 5.91 Å². The first kappa shape index (κ1) is 15.9. The van der Waals surface area contributed by atoms with Gasteiger partial charge in [-0.15, -0.1) is 0 Å². The Morgan fingerprint density at radius 2 is 1.92 bits per heavy atom. The van der Waals surface area contributed by atoms with E-state index in [9.17, 15) is 4.79 Å². The van der Waals surface area contributed by atoms with Crippen molar-refractivity contribution >= 4 is 11.6 Å². The Labute approximate surface area is 140 Å². The van der Waals surface area contributed by atoms with Gasteiger partial charge in [0.1, 0.15) is 0 Å². The molecule has 0 aliphatic carbocycles. The Hall–Kier alpha value is -3.02. The van der Waals surface area contributed by atoms with E-state index >= 15 is 0 Å². The maximum Gasteiger partial charge on any atom is 0.232 e. The maximum absolute atomic E-state index is 12.8. The van der Waals surface area contributed by atoms with Crippen LogP contribution in [0.3, 0.4) is 0 Å². The third-order valence-electron chi connectivity index (χ3n) is 4.02. The van der Waals surface area contributed by atoms with Crippen LogP contribution >= 0.6 is 0 Å². The number of aromatic nitrogens is 4. The van der Waals surface area contributed by atoms with Gasteiger partial charge in [0.15, 0.2) is 0 Å². The van der Waals surface area contributed by atoms with E-state index in [-0.39, 0.29) is 5.91 Å². The molecule has 1 amide bonds. The van der Waals surface area contributed by atoms with Crippen LogP contribution in [0.5, 0.6) is 0 Å². The van der Waals surface area contributed by atoms with E-state index in [4.69, 9.17) is 0 Å². The molecule has 3 aromatic rings. The zero-order valence-electron chi connectivity index (χ0n) is 13.6. The van der Waals surface area contributed by atoms with Gasteiger partial charge in [-0.05, 0) is 49.1 Å². The Morgan fingerprint density at radius 1 is 1.12 bits per heavy atom. The predicted molar refractivity (Wildman–Crippen MR) is 90.6 cm³/mol. The van der Waals surface area contributed by atoms with E-state index in [1.54, 1.807) is 0 Å². The van der Waals surface area contributed by atoms with Crippen molar-refractivity contribution in [2.45, 2.75) is 26.2 Å². The summed E-state index contributed by atoms with van der Waals surface area (Å²) in [5.74, 6) is -0.374. The van der Waals surface area contributed by atoms with E-state index in [0.29, 0.717) is 12.2 Å². The fourth-order valence-electron chi connectivity index (χ4n) is 2.49. The van der Waals surface area contributed by atoms with Gasteiger partial charge in [-0.2, -0.15) is 5.21 Å². The van der Waals surface area contributed by atoms with Crippen molar-refractivity contribution in [3.8, 4) is 0 Å². The number of hydrogen-bond donors (Lipinski definition) is 1. The largest absolute Gasteiger partial charge is 0.335 e. The summed E-state index contributed by atoms with van der Waals surface area (Å²) >= 11 is 0. The van der Waals surface area contributed by atoms with Gasteiger partial charge < -0.3 is 10.4 Å². The molecule has 0 radical (unpaired) electrons. The average molecular weight is 320 g/mol. The Morgan fingerprint density at radius 3 is 2.58 bits per heavy atom. The van der Waals surface area contributed by atoms with E-state index in [0.717, 1.165) is 16.8 Å². The number of amides is 1. The summed E-state index contributed by atoms with van der Waals surface area (Å²) in [5, 5.41) is 17.7. The van der Waals surface area contributed by atoms with Crippen LogP contribution in [0.15, 0.2) is 48.5 Å². The first-order valence-corrected chi connectivity index (χ1v) is 7.74. The lowest BCUT2D eigenvalue weighted by Gasteiger charge is -2.17. The number of carbonyl (C=O) groups excluding carboxylic acids is 1. The number of aryl methyl sites for hydroxylation is 2. The highest BCUT2D eigenvalue weighted by atomic mass is 16.1. The number of nitrogens with one attached hydrogen (secondary N) is 1.